The summed E-state index contributed by atoms with van der Waals surface area (Å²) in [6.07, 6.45) is 0.328. The number of ether oxygens (including phenoxy) is 1. The smallest absolute Gasteiger partial charge is 0.409 e. The summed E-state index contributed by atoms with van der Waals surface area (Å²) < 4.78 is 69.1. The summed E-state index contributed by atoms with van der Waals surface area (Å²) in [7, 11) is 0. The first-order valence-electron chi connectivity index (χ1n) is 9.25. The van der Waals surface area contributed by atoms with Gasteiger partial charge < -0.3 is 4.74 Å². The second-order valence-corrected chi connectivity index (χ2v) is 6.42. The zero-order valence-corrected chi connectivity index (χ0v) is 16.0. The van der Waals surface area contributed by atoms with Gasteiger partial charge in [-0.2, -0.15) is 13.2 Å². The molecule has 154 valence electrons. The summed E-state index contributed by atoms with van der Waals surface area (Å²) in [4.78, 5) is 0. The van der Waals surface area contributed by atoms with Gasteiger partial charge in [0.1, 0.15) is 12.4 Å². The van der Waals surface area contributed by atoms with Crippen LogP contribution in [-0.2, 0) is 6.42 Å². The maximum Gasteiger partial charge on any atom is 0.409 e. The summed E-state index contributed by atoms with van der Waals surface area (Å²) in [5.41, 5.74) is 1.42. The lowest BCUT2D eigenvalue weighted by Gasteiger charge is -2.05. The fourth-order valence-electron chi connectivity index (χ4n) is 2.55. The van der Waals surface area contributed by atoms with Gasteiger partial charge >= 0.3 is 6.18 Å². The number of halogens is 5. The standard InChI is InChI=1S/C23H21F5O/c1-2-3-4-6-17-7-10-19(20(24)15-17)11-8-18-9-12-22(21(25)16-18)29-14-5-13-23(26,27)28/h5,7,9-10,12-13,15-16H,2-4,6,14H2,1H3. The predicted molar refractivity (Wildman–Crippen MR) is 103 cm³/mol. The van der Waals surface area contributed by atoms with Crippen molar-refractivity contribution >= 4 is 0 Å². The molecule has 29 heavy (non-hydrogen) atoms. The molecule has 0 N–H and O–H groups in total. The SMILES string of the molecule is CCCCCc1ccc(C#Cc2ccc(OCC=CC(F)(F)F)c(F)c2)c(F)c1. The Morgan fingerprint density at radius 1 is 0.966 bits per heavy atom. The Balaban J connectivity index is 2.02. The predicted octanol–water partition coefficient (Wildman–Crippen LogP) is 6.59. The molecule has 2 aromatic rings. The number of allylic oxidation sites excluding steroid dienone is 1. The van der Waals surface area contributed by atoms with Gasteiger partial charge in [0.2, 0.25) is 0 Å². The van der Waals surface area contributed by atoms with Gasteiger partial charge in [0.25, 0.3) is 0 Å². The lowest BCUT2D eigenvalue weighted by molar-refractivity contribution is -0.0801. The second-order valence-electron chi connectivity index (χ2n) is 6.42. The summed E-state index contributed by atoms with van der Waals surface area (Å²) in [6, 6.07) is 8.71. The largest absolute Gasteiger partial charge is 0.486 e. The van der Waals surface area contributed by atoms with Crippen molar-refractivity contribution in [1.82, 2.24) is 0 Å². The number of aryl methyl sites for hydroxylation is 1. The number of rotatable bonds is 7. The molecular weight excluding hydrogens is 387 g/mol. The molecule has 0 spiro atoms. The van der Waals surface area contributed by atoms with E-state index in [1.54, 1.807) is 6.07 Å². The van der Waals surface area contributed by atoms with E-state index in [4.69, 9.17) is 4.74 Å². The Kier molecular flexibility index (Phi) is 8.26. The van der Waals surface area contributed by atoms with E-state index in [1.807, 2.05) is 6.07 Å². The fraction of sp³-hybridized carbons (Fsp3) is 0.304. The molecule has 0 aliphatic rings. The van der Waals surface area contributed by atoms with Crippen LogP contribution in [0.2, 0.25) is 0 Å². The van der Waals surface area contributed by atoms with Crippen LogP contribution in [0.5, 0.6) is 5.75 Å². The Hall–Kier alpha value is -2.81. The number of hydrogen-bond acceptors (Lipinski definition) is 1. The highest BCUT2D eigenvalue weighted by Crippen LogP contribution is 2.19. The molecule has 0 atom stereocenters. The fourth-order valence-corrected chi connectivity index (χ4v) is 2.55. The molecule has 2 aromatic carbocycles. The van der Waals surface area contributed by atoms with Gasteiger partial charge in [-0.15, -0.1) is 0 Å². The molecule has 0 unspecified atom stereocenters. The Morgan fingerprint density at radius 3 is 2.41 bits per heavy atom. The molecule has 0 aliphatic carbocycles. The molecule has 1 nitrogen and oxygen atoms in total. The first-order valence-corrected chi connectivity index (χ1v) is 9.25. The molecule has 0 fully saturated rings. The second kappa shape index (κ2) is 10.7. The van der Waals surface area contributed by atoms with E-state index in [9.17, 15) is 22.0 Å². The van der Waals surface area contributed by atoms with Crippen LogP contribution in [-0.4, -0.2) is 12.8 Å². The first-order chi connectivity index (χ1) is 13.8. The van der Waals surface area contributed by atoms with Gasteiger partial charge in [0.15, 0.2) is 11.6 Å². The van der Waals surface area contributed by atoms with E-state index in [0.29, 0.717) is 5.56 Å². The average Bonchev–Trinajstić information content (AvgIpc) is 2.65. The quantitative estimate of drug-likeness (QED) is 0.217. The van der Waals surface area contributed by atoms with Crippen LogP contribution in [0.15, 0.2) is 48.6 Å². The van der Waals surface area contributed by atoms with Crippen molar-refractivity contribution in [3.05, 3.63) is 76.9 Å². The summed E-state index contributed by atoms with van der Waals surface area (Å²) in [6.45, 7) is 1.68. The monoisotopic (exact) mass is 408 g/mol. The van der Waals surface area contributed by atoms with Crippen molar-refractivity contribution < 1.29 is 26.7 Å². The Morgan fingerprint density at radius 2 is 1.76 bits per heavy atom. The van der Waals surface area contributed by atoms with Crippen LogP contribution in [0.1, 0.15) is 42.9 Å². The maximum absolute atomic E-state index is 14.2. The van der Waals surface area contributed by atoms with Gasteiger partial charge in [0.05, 0.1) is 5.56 Å². The minimum absolute atomic E-state index is 0.0222. The van der Waals surface area contributed by atoms with Gasteiger partial charge in [-0.25, -0.2) is 8.78 Å². The summed E-state index contributed by atoms with van der Waals surface area (Å²) >= 11 is 0. The highest BCUT2D eigenvalue weighted by Gasteiger charge is 2.21. The highest BCUT2D eigenvalue weighted by atomic mass is 19.4. The van der Waals surface area contributed by atoms with E-state index in [1.165, 1.54) is 18.2 Å². The van der Waals surface area contributed by atoms with Crippen molar-refractivity contribution in [1.29, 1.82) is 0 Å². The van der Waals surface area contributed by atoms with Crippen molar-refractivity contribution in [3.63, 3.8) is 0 Å². The van der Waals surface area contributed by atoms with Crippen LogP contribution < -0.4 is 4.74 Å². The molecule has 2 rings (SSSR count). The van der Waals surface area contributed by atoms with Crippen molar-refractivity contribution in [2.45, 2.75) is 38.8 Å². The zero-order chi connectivity index (χ0) is 21.3. The van der Waals surface area contributed by atoms with Gasteiger partial charge in [-0.1, -0.05) is 37.7 Å². The zero-order valence-electron chi connectivity index (χ0n) is 16.0. The summed E-state index contributed by atoms with van der Waals surface area (Å²) in [5.74, 6) is 3.97. The molecule has 0 aliphatic heterocycles. The Bertz CT molecular complexity index is 904. The number of hydrogen-bond donors (Lipinski definition) is 0. The minimum Gasteiger partial charge on any atom is -0.486 e. The molecule has 0 saturated carbocycles. The molecule has 0 heterocycles. The van der Waals surface area contributed by atoms with Crippen LogP contribution in [0, 0.1) is 23.5 Å². The van der Waals surface area contributed by atoms with Crippen molar-refractivity contribution in [2.75, 3.05) is 6.61 Å². The van der Waals surface area contributed by atoms with E-state index >= 15 is 0 Å². The van der Waals surface area contributed by atoms with Gasteiger partial charge in [-0.05, 0) is 54.8 Å². The van der Waals surface area contributed by atoms with E-state index in [-0.39, 0.29) is 17.4 Å². The normalized spacial score (nSPS) is 11.4. The highest BCUT2D eigenvalue weighted by molar-refractivity contribution is 5.46. The Labute approximate surface area is 167 Å². The third-order valence-corrected chi connectivity index (χ3v) is 4.02. The lowest BCUT2D eigenvalue weighted by Crippen LogP contribution is -2.03. The molecule has 0 radical (unpaired) electrons. The van der Waals surface area contributed by atoms with Gasteiger partial charge in [0, 0.05) is 11.6 Å². The number of alkyl halides is 3. The molecule has 0 aromatic heterocycles. The molecule has 6 heteroatoms. The first kappa shape index (κ1) is 22.5. The van der Waals surface area contributed by atoms with E-state index < -0.39 is 24.4 Å². The van der Waals surface area contributed by atoms with E-state index in [2.05, 4.69) is 18.8 Å². The third kappa shape index (κ3) is 7.98. The third-order valence-electron chi connectivity index (χ3n) is 4.02. The van der Waals surface area contributed by atoms with Crippen LogP contribution in [0.3, 0.4) is 0 Å². The van der Waals surface area contributed by atoms with Crippen LogP contribution >= 0.6 is 0 Å². The van der Waals surface area contributed by atoms with Crippen LogP contribution in [0.4, 0.5) is 22.0 Å². The molecule has 0 saturated heterocycles. The lowest BCUT2D eigenvalue weighted by atomic mass is 10.0. The van der Waals surface area contributed by atoms with Gasteiger partial charge in [-0.3, -0.25) is 0 Å². The summed E-state index contributed by atoms with van der Waals surface area (Å²) in [5, 5.41) is 0. The van der Waals surface area contributed by atoms with Crippen molar-refractivity contribution in [3.8, 4) is 17.6 Å². The number of benzene rings is 2. The maximum atomic E-state index is 14.2. The van der Waals surface area contributed by atoms with Crippen molar-refractivity contribution in [2.24, 2.45) is 0 Å². The topological polar surface area (TPSA) is 9.23 Å². The van der Waals surface area contributed by atoms with Crippen LogP contribution in [0.25, 0.3) is 0 Å². The average molecular weight is 408 g/mol. The number of unbranched alkanes of at least 4 members (excludes halogenated alkanes) is 2. The molecular formula is C23H21F5O. The molecule has 0 amide bonds. The molecule has 0 bridgehead atoms. The minimum atomic E-state index is -4.44. The van der Waals surface area contributed by atoms with E-state index in [0.717, 1.165) is 43.4 Å².